The van der Waals surface area contributed by atoms with E-state index in [0.29, 0.717) is 12.1 Å². The lowest BCUT2D eigenvalue weighted by Gasteiger charge is -2.30. The molecule has 1 aliphatic rings. The second-order valence-corrected chi connectivity index (χ2v) is 6.35. The maximum Gasteiger partial charge on any atom is 0.306 e. The summed E-state index contributed by atoms with van der Waals surface area (Å²) in [4.78, 5) is 11.0. The molecule has 0 radical (unpaired) electrons. The molecule has 1 unspecified atom stereocenters. The Labute approximate surface area is 127 Å². The van der Waals surface area contributed by atoms with Crippen molar-refractivity contribution in [1.29, 1.82) is 0 Å². The van der Waals surface area contributed by atoms with Gasteiger partial charge in [0.1, 0.15) is 0 Å². The number of carboxylic acids is 1. The first kappa shape index (κ1) is 16.0. The highest BCUT2D eigenvalue weighted by Crippen LogP contribution is 2.25. The fourth-order valence-electron chi connectivity index (χ4n) is 3.17. The molecule has 0 spiro atoms. The number of hydrogen-bond donors (Lipinski definition) is 2. The average molecular weight is 289 g/mol. The van der Waals surface area contributed by atoms with Crippen molar-refractivity contribution in [1.82, 2.24) is 5.32 Å². The molecule has 0 heterocycles. The van der Waals surface area contributed by atoms with Gasteiger partial charge in [-0.3, -0.25) is 4.79 Å². The molecule has 0 aromatic heterocycles. The van der Waals surface area contributed by atoms with Crippen molar-refractivity contribution in [3.63, 3.8) is 0 Å². The number of carbonyl (C=O) groups is 1. The van der Waals surface area contributed by atoms with Gasteiger partial charge in [0, 0.05) is 12.1 Å². The molecular formula is C18H27NO2. The summed E-state index contributed by atoms with van der Waals surface area (Å²) in [6.45, 7) is 4.33. The zero-order valence-corrected chi connectivity index (χ0v) is 13.1. The second-order valence-electron chi connectivity index (χ2n) is 6.35. The summed E-state index contributed by atoms with van der Waals surface area (Å²) in [6, 6.07) is 9.72. The summed E-state index contributed by atoms with van der Waals surface area (Å²) in [7, 11) is 0. The number of aliphatic carboxylic acids is 1. The highest BCUT2D eigenvalue weighted by atomic mass is 16.4. The fraction of sp³-hybridized carbons (Fsp3) is 0.611. The van der Waals surface area contributed by atoms with Crippen molar-refractivity contribution in [2.24, 2.45) is 5.92 Å². The van der Waals surface area contributed by atoms with Gasteiger partial charge in [0.15, 0.2) is 0 Å². The molecule has 1 aromatic rings. The molecule has 1 atom stereocenters. The molecule has 1 aliphatic carbocycles. The highest BCUT2D eigenvalue weighted by molar-refractivity contribution is 5.70. The molecule has 116 valence electrons. The topological polar surface area (TPSA) is 49.3 Å². The van der Waals surface area contributed by atoms with Gasteiger partial charge in [-0.25, -0.2) is 0 Å². The van der Waals surface area contributed by atoms with E-state index in [9.17, 15) is 4.79 Å². The van der Waals surface area contributed by atoms with E-state index in [4.69, 9.17) is 5.11 Å². The summed E-state index contributed by atoms with van der Waals surface area (Å²) < 4.78 is 0. The number of aryl methyl sites for hydroxylation is 1. The van der Waals surface area contributed by atoms with Crippen LogP contribution in [-0.2, 0) is 11.2 Å². The predicted molar refractivity (Wildman–Crippen MR) is 85.5 cm³/mol. The summed E-state index contributed by atoms with van der Waals surface area (Å²) >= 11 is 0. The van der Waals surface area contributed by atoms with Gasteiger partial charge < -0.3 is 10.4 Å². The van der Waals surface area contributed by atoms with Crippen molar-refractivity contribution < 1.29 is 9.90 Å². The van der Waals surface area contributed by atoms with Crippen LogP contribution in [0.15, 0.2) is 24.3 Å². The van der Waals surface area contributed by atoms with Crippen molar-refractivity contribution >= 4 is 5.97 Å². The van der Waals surface area contributed by atoms with Crippen LogP contribution < -0.4 is 5.32 Å². The Balaban J connectivity index is 1.82. The van der Waals surface area contributed by atoms with Gasteiger partial charge in [-0.2, -0.15) is 0 Å². The minimum Gasteiger partial charge on any atom is -0.481 e. The number of nitrogens with one attached hydrogen (secondary N) is 1. The van der Waals surface area contributed by atoms with Crippen LogP contribution >= 0.6 is 0 Å². The fourth-order valence-corrected chi connectivity index (χ4v) is 3.17. The first-order valence-corrected chi connectivity index (χ1v) is 8.13. The van der Waals surface area contributed by atoms with E-state index in [-0.39, 0.29) is 5.92 Å². The second kappa shape index (κ2) is 7.60. The Morgan fingerprint density at radius 1 is 1.24 bits per heavy atom. The molecule has 1 saturated carbocycles. The Morgan fingerprint density at radius 3 is 2.38 bits per heavy atom. The zero-order chi connectivity index (χ0) is 15.2. The third kappa shape index (κ3) is 4.85. The Kier molecular flexibility index (Phi) is 5.80. The minimum atomic E-state index is -0.625. The van der Waals surface area contributed by atoms with Crippen LogP contribution in [-0.4, -0.2) is 23.2 Å². The number of benzene rings is 1. The molecule has 0 saturated heterocycles. The van der Waals surface area contributed by atoms with Crippen LogP contribution in [0, 0.1) is 12.8 Å². The summed E-state index contributed by atoms with van der Waals surface area (Å²) in [5, 5.41) is 12.8. The summed E-state index contributed by atoms with van der Waals surface area (Å²) in [5.41, 5.74) is 2.67. The van der Waals surface area contributed by atoms with Gasteiger partial charge in [0.25, 0.3) is 0 Å². The molecule has 1 aromatic carbocycles. The predicted octanol–water partition coefficient (Wildman–Crippen LogP) is 3.55. The van der Waals surface area contributed by atoms with Gasteiger partial charge in [-0.15, -0.1) is 0 Å². The van der Waals surface area contributed by atoms with Crippen LogP contribution in [0.2, 0.25) is 0 Å². The van der Waals surface area contributed by atoms with E-state index in [1.54, 1.807) is 0 Å². The SMILES string of the molecule is CCC(Cc1ccc(C)cc1)NC1CCC(C(=O)O)CC1. The van der Waals surface area contributed by atoms with E-state index in [0.717, 1.165) is 38.5 Å². The smallest absolute Gasteiger partial charge is 0.306 e. The van der Waals surface area contributed by atoms with Gasteiger partial charge in [0.05, 0.1) is 5.92 Å². The van der Waals surface area contributed by atoms with Crippen LogP contribution in [0.4, 0.5) is 0 Å². The largest absolute Gasteiger partial charge is 0.481 e. The number of rotatable bonds is 6. The van der Waals surface area contributed by atoms with Crippen molar-refractivity contribution in [3.05, 3.63) is 35.4 Å². The first-order valence-electron chi connectivity index (χ1n) is 8.13. The van der Waals surface area contributed by atoms with Crippen molar-refractivity contribution in [2.45, 2.75) is 64.5 Å². The molecular weight excluding hydrogens is 262 g/mol. The highest BCUT2D eigenvalue weighted by Gasteiger charge is 2.26. The number of carboxylic acid groups (broad SMARTS) is 1. The molecule has 3 nitrogen and oxygen atoms in total. The van der Waals surface area contributed by atoms with Gasteiger partial charge in [0.2, 0.25) is 0 Å². The lowest BCUT2D eigenvalue weighted by molar-refractivity contribution is -0.142. The van der Waals surface area contributed by atoms with E-state index in [1.807, 2.05) is 0 Å². The Hall–Kier alpha value is -1.35. The standard InChI is InChI=1S/C18H27NO2/c1-3-16(12-14-6-4-13(2)5-7-14)19-17-10-8-15(9-11-17)18(20)21/h4-7,15-17,19H,3,8-12H2,1-2H3,(H,20,21). The van der Waals surface area contributed by atoms with E-state index in [1.165, 1.54) is 11.1 Å². The van der Waals surface area contributed by atoms with Crippen LogP contribution in [0.3, 0.4) is 0 Å². The first-order chi connectivity index (χ1) is 10.1. The van der Waals surface area contributed by atoms with Gasteiger partial charge >= 0.3 is 5.97 Å². The molecule has 0 aliphatic heterocycles. The maximum atomic E-state index is 11.0. The third-order valence-corrected chi connectivity index (χ3v) is 4.64. The lowest BCUT2D eigenvalue weighted by Crippen LogP contribution is -2.42. The molecule has 2 N–H and O–H groups in total. The quantitative estimate of drug-likeness (QED) is 0.842. The van der Waals surface area contributed by atoms with E-state index in [2.05, 4.69) is 43.4 Å². The van der Waals surface area contributed by atoms with Gasteiger partial charge in [-0.05, 0) is 51.0 Å². The zero-order valence-electron chi connectivity index (χ0n) is 13.1. The Morgan fingerprint density at radius 2 is 1.86 bits per heavy atom. The minimum absolute atomic E-state index is 0.125. The summed E-state index contributed by atoms with van der Waals surface area (Å²) in [5.74, 6) is -0.750. The molecule has 2 rings (SSSR count). The van der Waals surface area contributed by atoms with E-state index < -0.39 is 5.97 Å². The van der Waals surface area contributed by atoms with Crippen LogP contribution in [0.1, 0.15) is 50.2 Å². The average Bonchev–Trinajstić information content (AvgIpc) is 2.49. The molecule has 0 bridgehead atoms. The molecule has 1 fully saturated rings. The van der Waals surface area contributed by atoms with Gasteiger partial charge in [-0.1, -0.05) is 36.8 Å². The Bertz CT molecular complexity index is 447. The third-order valence-electron chi connectivity index (χ3n) is 4.64. The monoisotopic (exact) mass is 289 g/mol. The van der Waals surface area contributed by atoms with Crippen LogP contribution in [0.25, 0.3) is 0 Å². The summed E-state index contributed by atoms with van der Waals surface area (Å²) in [6.07, 6.45) is 5.76. The van der Waals surface area contributed by atoms with E-state index >= 15 is 0 Å². The maximum absolute atomic E-state index is 11.0. The molecule has 0 amide bonds. The van der Waals surface area contributed by atoms with Crippen molar-refractivity contribution in [2.75, 3.05) is 0 Å². The normalized spacial score (nSPS) is 23.7. The lowest BCUT2D eigenvalue weighted by atomic mass is 9.85. The molecule has 21 heavy (non-hydrogen) atoms. The van der Waals surface area contributed by atoms with Crippen LogP contribution in [0.5, 0.6) is 0 Å². The van der Waals surface area contributed by atoms with Crippen molar-refractivity contribution in [3.8, 4) is 0 Å². The molecule has 3 heteroatoms. The number of hydrogen-bond acceptors (Lipinski definition) is 2.